The van der Waals surface area contributed by atoms with Crippen molar-refractivity contribution in [1.29, 1.82) is 0 Å². The second-order valence-electron chi connectivity index (χ2n) is 14.1. The highest BCUT2D eigenvalue weighted by atomic mass is 28.4. The van der Waals surface area contributed by atoms with Crippen LogP contribution < -0.4 is 26.1 Å². The molecule has 0 bridgehead atoms. The van der Waals surface area contributed by atoms with E-state index < -0.39 is 16.6 Å². The van der Waals surface area contributed by atoms with Gasteiger partial charge in [0.25, 0.3) is 16.6 Å². The topological polar surface area (TPSA) is 30.5 Å². The molecule has 5 heteroatoms. The van der Waals surface area contributed by atoms with Crippen LogP contribution in [0.25, 0.3) is 0 Å². The third kappa shape index (κ3) is 6.38. The molecule has 4 aromatic rings. The fourth-order valence-electron chi connectivity index (χ4n) is 7.14. The van der Waals surface area contributed by atoms with Gasteiger partial charge in [-0.15, -0.1) is 0 Å². The maximum atomic E-state index is 7.28. The van der Waals surface area contributed by atoms with Crippen molar-refractivity contribution in [3.05, 3.63) is 121 Å². The van der Waals surface area contributed by atoms with Gasteiger partial charge in [0, 0.05) is 12.1 Å². The highest BCUT2D eigenvalue weighted by Crippen LogP contribution is 2.38. The molecular weight excluding hydrogens is 559 g/mol. The second-order valence-corrected chi connectivity index (χ2v) is 22.7. The summed E-state index contributed by atoms with van der Waals surface area (Å²) in [6.45, 7) is 15.5. The van der Waals surface area contributed by atoms with E-state index in [0.29, 0.717) is 25.3 Å². The molecule has 4 aromatic carbocycles. The lowest BCUT2D eigenvalue weighted by molar-refractivity contribution is 0.235. The molecule has 5 rings (SSSR count). The minimum atomic E-state index is -2.56. The zero-order valence-corrected chi connectivity index (χ0v) is 28.8. The molecule has 0 spiro atoms. The summed E-state index contributed by atoms with van der Waals surface area (Å²) in [6.07, 6.45) is 2.18. The SMILES string of the molecule is CC(C)(C)[Si](OC[C@H]1CC[C@H](CO[Si](c2ccccc2)(c2ccccc2)C(C)(C)C)N1)(c1ccccc1)c1ccccc1. The first-order valence-corrected chi connectivity index (χ1v) is 19.7. The van der Waals surface area contributed by atoms with Gasteiger partial charge in [-0.2, -0.15) is 0 Å². The zero-order valence-electron chi connectivity index (χ0n) is 26.8. The maximum Gasteiger partial charge on any atom is 0.261 e. The minimum Gasteiger partial charge on any atom is -0.406 e. The highest BCUT2D eigenvalue weighted by molar-refractivity contribution is 7.00. The minimum absolute atomic E-state index is 0.0277. The lowest BCUT2D eigenvalue weighted by Gasteiger charge is -2.44. The maximum absolute atomic E-state index is 7.28. The Kier molecular flexibility index (Phi) is 9.59. The highest BCUT2D eigenvalue weighted by Gasteiger charge is 2.52. The molecule has 1 fully saturated rings. The van der Waals surface area contributed by atoms with Crippen molar-refractivity contribution in [2.45, 2.75) is 76.5 Å². The van der Waals surface area contributed by atoms with Crippen molar-refractivity contribution in [2.24, 2.45) is 0 Å². The summed E-state index contributed by atoms with van der Waals surface area (Å²) in [7, 11) is -5.13. The van der Waals surface area contributed by atoms with E-state index in [1.807, 2.05) is 0 Å². The van der Waals surface area contributed by atoms with Crippen molar-refractivity contribution in [3.8, 4) is 0 Å². The van der Waals surface area contributed by atoms with Crippen LogP contribution in [0.5, 0.6) is 0 Å². The van der Waals surface area contributed by atoms with Crippen LogP contribution >= 0.6 is 0 Å². The Morgan fingerprint density at radius 2 is 0.744 bits per heavy atom. The van der Waals surface area contributed by atoms with Crippen molar-refractivity contribution in [1.82, 2.24) is 5.32 Å². The van der Waals surface area contributed by atoms with Gasteiger partial charge < -0.3 is 14.2 Å². The molecule has 0 radical (unpaired) electrons. The Labute approximate surface area is 261 Å². The zero-order chi connectivity index (χ0) is 30.6. The van der Waals surface area contributed by atoms with E-state index in [2.05, 4.69) is 168 Å². The first-order chi connectivity index (χ1) is 20.6. The van der Waals surface area contributed by atoms with E-state index in [9.17, 15) is 0 Å². The van der Waals surface area contributed by atoms with E-state index in [4.69, 9.17) is 8.85 Å². The normalized spacial score (nSPS) is 18.1. The molecular formula is C38H49NO2Si2. The van der Waals surface area contributed by atoms with E-state index in [-0.39, 0.29) is 10.1 Å². The van der Waals surface area contributed by atoms with Gasteiger partial charge in [-0.3, -0.25) is 0 Å². The van der Waals surface area contributed by atoms with Crippen LogP contribution in [0.3, 0.4) is 0 Å². The van der Waals surface area contributed by atoms with Gasteiger partial charge >= 0.3 is 0 Å². The average molecular weight is 608 g/mol. The van der Waals surface area contributed by atoms with Crippen LogP contribution in [0.2, 0.25) is 10.1 Å². The number of hydrogen-bond acceptors (Lipinski definition) is 3. The molecule has 0 amide bonds. The monoisotopic (exact) mass is 607 g/mol. The Balaban J connectivity index is 1.36. The predicted molar refractivity (Wildman–Crippen MR) is 187 cm³/mol. The van der Waals surface area contributed by atoms with E-state index >= 15 is 0 Å². The number of hydrogen-bond donors (Lipinski definition) is 1. The fraction of sp³-hybridized carbons (Fsp3) is 0.368. The van der Waals surface area contributed by atoms with Crippen molar-refractivity contribution >= 4 is 37.4 Å². The van der Waals surface area contributed by atoms with Crippen LogP contribution in [0.1, 0.15) is 54.4 Å². The lowest BCUT2D eigenvalue weighted by Crippen LogP contribution is -2.67. The third-order valence-corrected chi connectivity index (χ3v) is 19.2. The summed E-state index contributed by atoms with van der Waals surface area (Å²) in [6, 6.07) is 44.4. The molecule has 0 aliphatic carbocycles. The molecule has 1 saturated heterocycles. The summed E-state index contributed by atoms with van der Waals surface area (Å²) >= 11 is 0. The third-order valence-electron chi connectivity index (χ3n) is 9.17. The average Bonchev–Trinajstić information content (AvgIpc) is 3.46. The summed E-state index contributed by atoms with van der Waals surface area (Å²) in [5, 5.41) is 9.21. The summed E-state index contributed by atoms with van der Waals surface area (Å²) in [5.41, 5.74) is 0. The molecule has 1 heterocycles. The largest absolute Gasteiger partial charge is 0.406 e. The van der Waals surface area contributed by atoms with Gasteiger partial charge in [0.1, 0.15) is 0 Å². The van der Waals surface area contributed by atoms with E-state index in [1.165, 1.54) is 20.7 Å². The second kappa shape index (κ2) is 13.0. The standard InChI is InChI=1S/C38H49NO2Si2/c1-37(2,3)42(33-19-11-7-12-20-33,34-21-13-8-14-22-34)40-29-31-27-28-32(39-31)30-41-43(38(4,5)6,35-23-15-9-16-24-35)36-25-17-10-18-26-36/h7-26,31-32,39H,27-30H2,1-6H3/t31-,32-/m1/s1. The molecule has 3 nitrogen and oxygen atoms in total. The van der Waals surface area contributed by atoms with Gasteiger partial charge in [-0.05, 0) is 43.7 Å². The van der Waals surface area contributed by atoms with Crippen LogP contribution in [0.15, 0.2) is 121 Å². The molecule has 2 atom stereocenters. The molecule has 43 heavy (non-hydrogen) atoms. The molecule has 0 saturated carbocycles. The van der Waals surface area contributed by atoms with Gasteiger partial charge in [-0.25, -0.2) is 0 Å². The lowest BCUT2D eigenvalue weighted by atomic mass is 10.2. The molecule has 1 aliphatic rings. The predicted octanol–water partition coefficient (Wildman–Crippen LogP) is 6.26. The molecule has 1 aliphatic heterocycles. The molecule has 0 aromatic heterocycles. The molecule has 0 unspecified atom stereocenters. The van der Waals surface area contributed by atoms with Gasteiger partial charge in [0.2, 0.25) is 0 Å². The van der Waals surface area contributed by atoms with Crippen molar-refractivity contribution in [3.63, 3.8) is 0 Å². The van der Waals surface area contributed by atoms with Crippen LogP contribution in [-0.4, -0.2) is 41.9 Å². The number of benzene rings is 4. The van der Waals surface area contributed by atoms with E-state index in [1.54, 1.807) is 0 Å². The van der Waals surface area contributed by atoms with Gasteiger partial charge in [0.05, 0.1) is 13.2 Å². The van der Waals surface area contributed by atoms with E-state index in [0.717, 1.165) is 12.8 Å². The Hall–Kier alpha value is -2.81. The van der Waals surface area contributed by atoms with Crippen LogP contribution in [-0.2, 0) is 8.85 Å². The Morgan fingerprint density at radius 1 is 0.488 bits per heavy atom. The smallest absolute Gasteiger partial charge is 0.261 e. The van der Waals surface area contributed by atoms with Gasteiger partial charge in [0.15, 0.2) is 0 Å². The number of rotatable bonds is 10. The number of nitrogens with one attached hydrogen (secondary N) is 1. The van der Waals surface area contributed by atoms with Crippen molar-refractivity contribution < 1.29 is 8.85 Å². The molecule has 226 valence electrons. The summed E-state index contributed by atoms with van der Waals surface area (Å²) in [5.74, 6) is 0. The molecule has 1 N–H and O–H groups in total. The summed E-state index contributed by atoms with van der Waals surface area (Å²) in [4.78, 5) is 0. The first-order valence-electron chi connectivity index (χ1n) is 15.8. The summed E-state index contributed by atoms with van der Waals surface area (Å²) < 4.78 is 14.6. The Bertz CT molecular complexity index is 1230. The van der Waals surface area contributed by atoms with Crippen molar-refractivity contribution in [2.75, 3.05) is 13.2 Å². The van der Waals surface area contributed by atoms with Crippen LogP contribution in [0.4, 0.5) is 0 Å². The first kappa shape index (κ1) is 31.6. The van der Waals surface area contributed by atoms with Gasteiger partial charge in [-0.1, -0.05) is 163 Å². The van der Waals surface area contributed by atoms with Crippen LogP contribution in [0, 0.1) is 0 Å². The quantitative estimate of drug-likeness (QED) is 0.216. The fourth-order valence-corrected chi connectivity index (χ4v) is 16.4. The Morgan fingerprint density at radius 3 is 0.977 bits per heavy atom.